The topological polar surface area (TPSA) is 49.6 Å². The highest BCUT2D eigenvalue weighted by Gasteiger charge is 2.17. The molecule has 3 aromatic rings. The van der Waals surface area contributed by atoms with Crippen LogP contribution in [0.5, 0.6) is 0 Å². The van der Waals surface area contributed by atoms with E-state index >= 15 is 0 Å². The van der Waals surface area contributed by atoms with Crippen LogP contribution < -0.4 is 0 Å². The summed E-state index contributed by atoms with van der Waals surface area (Å²) in [6, 6.07) is 18.4. The molecule has 0 unspecified atom stereocenters. The average molecular weight is 367 g/mol. The van der Waals surface area contributed by atoms with Gasteiger partial charge >= 0.3 is 0 Å². The third kappa shape index (κ3) is 4.12. The Kier molecular flexibility index (Phi) is 5.48. The van der Waals surface area contributed by atoms with E-state index in [0.717, 1.165) is 34.6 Å². The fourth-order valence-corrected chi connectivity index (χ4v) is 4.03. The van der Waals surface area contributed by atoms with E-state index in [9.17, 15) is 0 Å². The van der Waals surface area contributed by atoms with Crippen LogP contribution in [0.1, 0.15) is 49.1 Å². The summed E-state index contributed by atoms with van der Waals surface area (Å²) in [5.41, 5.74) is 6.04. The van der Waals surface area contributed by atoms with Crippen LogP contribution in [-0.2, 0) is 6.42 Å². The van der Waals surface area contributed by atoms with Crippen LogP contribution in [0.3, 0.4) is 0 Å². The number of benzene rings is 2. The van der Waals surface area contributed by atoms with Gasteiger partial charge in [-0.25, -0.2) is 9.97 Å². The van der Waals surface area contributed by atoms with Crippen LogP contribution in [0.25, 0.3) is 22.4 Å². The molecule has 0 radical (unpaired) electrons. The van der Waals surface area contributed by atoms with Crippen molar-refractivity contribution >= 4 is 0 Å². The molecule has 0 N–H and O–H groups in total. The molecule has 3 heteroatoms. The standard InChI is InChI=1S/C25H25N3/c1-18-7-11-21(12-8-18)23-17-27-24(15-19-5-3-2-4-6-19)28-25(23)22-13-9-20(16-26)10-14-22/h7-14,17,19H,2-6,15H2,1H3. The van der Waals surface area contributed by atoms with Crippen molar-refractivity contribution in [3.8, 4) is 28.5 Å². The largest absolute Gasteiger partial charge is 0.241 e. The van der Waals surface area contributed by atoms with Gasteiger partial charge < -0.3 is 0 Å². The monoisotopic (exact) mass is 367 g/mol. The minimum Gasteiger partial charge on any atom is -0.241 e. The molecule has 1 fully saturated rings. The Morgan fingerprint density at radius 2 is 1.61 bits per heavy atom. The van der Waals surface area contributed by atoms with Crippen molar-refractivity contribution in [2.45, 2.75) is 45.4 Å². The van der Waals surface area contributed by atoms with Crippen molar-refractivity contribution in [2.75, 3.05) is 0 Å². The summed E-state index contributed by atoms with van der Waals surface area (Å²) in [7, 11) is 0. The maximum Gasteiger partial charge on any atom is 0.129 e. The van der Waals surface area contributed by atoms with Gasteiger partial charge in [0.25, 0.3) is 0 Å². The molecule has 0 aliphatic heterocycles. The van der Waals surface area contributed by atoms with E-state index in [0.29, 0.717) is 11.5 Å². The van der Waals surface area contributed by atoms with Crippen LogP contribution in [0.4, 0.5) is 0 Å². The molecule has 0 atom stereocenters. The maximum absolute atomic E-state index is 9.11. The Balaban J connectivity index is 1.74. The molecular formula is C25H25N3. The minimum atomic E-state index is 0.664. The molecular weight excluding hydrogens is 342 g/mol. The molecule has 4 rings (SSSR count). The quantitative estimate of drug-likeness (QED) is 0.558. The van der Waals surface area contributed by atoms with Gasteiger partial charge in [0.1, 0.15) is 5.82 Å². The Bertz CT molecular complexity index is 976. The molecule has 140 valence electrons. The number of aryl methyl sites for hydroxylation is 1. The molecule has 0 amide bonds. The lowest BCUT2D eigenvalue weighted by atomic mass is 9.87. The zero-order chi connectivity index (χ0) is 19.3. The molecule has 1 saturated carbocycles. The third-order valence-electron chi connectivity index (χ3n) is 5.68. The molecule has 3 nitrogen and oxygen atoms in total. The van der Waals surface area contributed by atoms with Gasteiger partial charge in [0.05, 0.1) is 17.3 Å². The SMILES string of the molecule is Cc1ccc(-c2cnc(CC3CCCCC3)nc2-c2ccc(C#N)cc2)cc1. The van der Waals surface area contributed by atoms with E-state index < -0.39 is 0 Å². The Morgan fingerprint density at radius 1 is 0.929 bits per heavy atom. The minimum absolute atomic E-state index is 0.664. The predicted octanol–water partition coefficient (Wildman–Crippen LogP) is 6.11. The van der Waals surface area contributed by atoms with Crippen molar-refractivity contribution in [2.24, 2.45) is 5.92 Å². The van der Waals surface area contributed by atoms with Crippen LogP contribution in [0, 0.1) is 24.2 Å². The lowest BCUT2D eigenvalue weighted by molar-refractivity contribution is 0.351. The number of hydrogen-bond acceptors (Lipinski definition) is 3. The van der Waals surface area contributed by atoms with Gasteiger partial charge in [-0.1, -0.05) is 74.1 Å². The van der Waals surface area contributed by atoms with Crippen molar-refractivity contribution < 1.29 is 0 Å². The van der Waals surface area contributed by atoms with E-state index in [1.807, 2.05) is 30.5 Å². The van der Waals surface area contributed by atoms with E-state index in [1.54, 1.807) is 0 Å². The maximum atomic E-state index is 9.11. The average Bonchev–Trinajstić information content (AvgIpc) is 2.75. The third-order valence-corrected chi connectivity index (χ3v) is 5.68. The van der Waals surface area contributed by atoms with Crippen LogP contribution in [0.2, 0.25) is 0 Å². The first-order valence-corrected chi connectivity index (χ1v) is 10.2. The van der Waals surface area contributed by atoms with E-state index in [1.165, 1.54) is 37.7 Å². The molecule has 1 aromatic heterocycles. The number of hydrogen-bond donors (Lipinski definition) is 0. The van der Waals surface area contributed by atoms with Gasteiger partial charge in [0.2, 0.25) is 0 Å². The Hall–Kier alpha value is -2.99. The summed E-state index contributed by atoms with van der Waals surface area (Å²) in [5.74, 6) is 1.63. The van der Waals surface area contributed by atoms with Crippen molar-refractivity contribution in [1.82, 2.24) is 9.97 Å². The first-order chi connectivity index (χ1) is 13.7. The Labute approximate surface area is 167 Å². The second-order valence-corrected chi connectivity index (χ2v) is 7.81. The predicted molar refractivity (Wildman–Crippen MR) is 113 cm³/mol. The van der Waals surface area contributed by atoms with Gasteiger partial charge in [0, 0.05) is 23.7 Å². The highest BCUT2D eigenvalue weighted by molar-refractivity contribution is 5.80. The molecule has 1 aliphatic carbocycles. The number of nitriles is 1. The number of nitrogens with zero attached hydrogens (tertiary/aromatic N) is 3. The van der Waals surface area contributed by atoms with Crippen molar-refractivity contribution in [3.63, 3.8) is 0 Å². The first-order valence-electron chi connectivity index (χ1n) is 10.2. The van der Waals surface area contributed by atoms with Crippen molar-refractivity contribution in [3.05, 3.63) is 71.7 Å². The van der Waals surface area contributed by atoms with E-state index in [-0.39, 0.29) is 0 Å². The Morgan fingerprint density at radius 3 is 2.29 bits per heavy atom. The molecule has 0 saturated heterocycles. The second-order valence-electron chi connectivity index (χ2n) is 7.81. The van der Waals surface area contributed by atoms with E-state index in [4.69, 9.17) is 15.2 Å². The smallest absolute Gasteiger partial charge is 0.129 e. The summed E-state index contributed by atoms with van der Waals surface area (Å²) >= 11 is 0. The molecule has 28 heavy (non-hydrogen) atoms. The van der Waals surface area contributed by atoms with Crippen LogP contribution >= 0.6 is 0 Å². The summed E-state index contributed by atoms with van der Waals surface area (Å²) in [6.45, 7) is 2.09. The fraction of sp³-hybridized carbons (Fsp3) is 0.320. The first kappa shape index (κ1) is 18.4. The summed E-state index contributed by atoms with van der Waals surface area (Å²) in [5, 5.41) is 9.11. The van der Waals surface area contributed by atoms with Gasteiger partial charge in [-0.05, 0) is 30.5 Å². The zero-order valence-electron chi connectivity index (χ0n) is 16.4. The normalized spacial score (nSPS) is 14.6. The highest BCUT2D eigenvalue weighted by Crippen LogP contribution is 2.32. The lowest BCUT2D eigenvalue weighted by Crippen LogP contribution is -2.12. The fourth-order valence-electron chi connectivity index (χ4n) is 4.03. The number of rotatable bonds is 4. The zero-order valence-corrected chi connectivity index (χ0v) is 16.4. The summed E-state index contributed by atoms with van der Waals surface area (Å²) < 4.78 is 0. The summed E-state index contributed by atoms with van der Waals surface area (Å²) in [6.07, 6.45) is 9.52. The lowest BCUT2D eigenvalue weighted by Gasteiger charge is -2.21. The summed E-state index contributed by atoms with van der Waals surface area (Å²) in [4.78, 5) is 9.73. The van der Waals surface area contributed by atoms with Gasteiger partial charge in [-0.3, -0.25) is 0 Å². The molecule has 2 aromatic carbocycles. The molecule has 0 bridgehead atoms. The van der Waals surface area contributed by atoms with Gasteiger partial charge in [-0.2, -0.15) is 5.26 Å². The van der Waals surface area contributed by atoms with Crippen LogP contribution in [-0.4, -0.2) is 9.97 Å². The molecule has 0 spiro atoms. The molecule has 1 aliphatic rings. The highest BCUT2D eigenvalue weighted by atomic mass is 14.9. The van der Waals surface area contributed by atoms with Crippen LogP contribution in [0.15, 0.2) is 54.7 Å². The van der Waals surface area contributed by atoms with Gasteiger partial charge in [-0.15, -0.1) is 0 Å². The van der Waals surface area contributed by atoms with E-state index in [2.05, 4.69) is 37.3 Å². The van der Waals surface area contributed by atoms with Crippen molar-refractivity contribution in [1.29, 1.82) is 5.26 Å². The molecule has 1 heterocycles. The second kappa shape index (κ2) is 8.35. The number of aromatic nitrogens is 2. The van der Waals surface area contributed by atoms with Gasteiger partial charge in [0.15, 0.2) is 0 Å².